The number of fused-ring (bicyclic) bond motifs is 5. The maximum Gasteiger partial charge on any atom is 0.472 e. The van der Waals surface area contributed by atoms with E-state index < -0.39 is 75.7 Å². The smallest absolute Gasteiger partial charge is 0.388 e. The second kappa shape index (κ2) is 10.6. The lowest BCUT2D eigenvalue weighted by Gasteiger charge is -2.30. The first-order valence-electron chi connectivity index (χ1n) is 13.0. The third-order valence-corrected chi connectivity index (χ3v) is 10.2. The number of aryl methyl sites for hydroxylation is 1. The number of phosphoric ester groups is 1. The molecule has 4 aromatic rings. The molecule has 2 aliphatic heterocycles. The SMILES string of the molecule is Cn1cnc2c(ncn2[C@@H]2C[C@@H]3OP(O)(=S)O[C@H]4[C@@H](F)[C@H](n5cnc6c(N)ncnc65)O[C@@H]4COP(=O)(O)O[C@@H]2[C@H]3O)c1=O. The molecule has 3 aliphatic rings. The Morgan fingerprint density at radius 1 is 1.00 bits per heavy atom. The van der Waals surface area contributed by atoms with Crippen LogP contribution in [0.2, 0.25) is 0 Å². The average Bonchev–Trinajstić information content (AvgIpc) is 3.72. The molecule has 0 spiro atoms. The van der Waals surface area contributed by atoms with Gasteiger partial charge in [0.05, 0.1) is 37.7 Å². The molecule has 6 heterocycles. The van der Waals surface area contributed by atoms with Crippen molar-refractivity contribution in [1.29, 1.82) is 0 Å². The number of halogens is 1. The topological polar surface area (TPSA) is 246 Å². The zero-order valence-corrected chi connectivity index (χ0v) is 25.0. The number of imidazole rings is 2. The summed E-state index contributed by atoms with van der Waals surface area (Å²) in [7, 11) is -3.51. The quantitative estimate of drug-likeness (QED) is 0.197. The highest BCUT2D eigenvalue weighted by Gasteiger charge is 2.54. The van der Waals surface area contributed by atoms with Gasteiger partial charge in [-0.3, -0.25) is 22.9 Å². The minimum Gasteiger partial charge on any atom is -0.388 e. The molecule has 10 atom stereocenters. The highest BCUT2D eigenvalue weighted by atomic mass is 32.5. The van der Waals surface area contributed by atoms with Crippen LogP contribution in [0.15, 0.2) is 30.1 Å². The molecule has 2 saturated heterocycles. The van der Waals surface area contributed by atoms with E-state index in [-0.39, 0.29) is 34.6 Å². The fourth-order valence-corrected chi connectivity index (χ4v) is 8.39. The lowest BCUT2D eigenvalue weighted by Crippen LogP contribution is -2.37. The van der Waals surface area contributed by atoms with Gasteiger partial charge in [0.25, 0.3) is 5.56 Å². The molecule has 0 aromatic carbocycles. The summed E-state index contributed by atoms with van der Waals surface area (Å²) in [6.07, 6.45) is -6.41. The van der Waals surface area contributed by atoms with Crippen molar-refractivity contribution in [2.45, 2.75) is 55.4 Å². The van der Waals surface area contributed by atoms with Gasteiger partial charge in [0, 0.05) is 13.5 Å². The number of aromatic nitrogens is 8. The first-order valence-corrected chi connectivity index (χ1v) is 17.1. The van der Waals surface area contributed by atoms with Gasteiger partial charge in [-0.2, -0.15) is 0 Å². The zero-order valence-electron chi connectivity index (χ0n) is 22.4. The molecular formula is C21H24FN9O10P2S. The molecule has 1 saturated carbocycles. The lowest BCUT2D eigenvalue weighted by atomic mass is 10.1. The van der Waals surface area contributed by atoms with Crippen molar-refractivity contribution in [3.8, 4) is 0 Å². The van der Waals surface area contributed by atoms with Gasteiger partial charge >= 0.3 is 14.5 Å². The van der Waals surface area contributed by atoms with E-state index in [4.69, 9.17) is 40.4 Å². The molecule has 19 nitrogen and oxygen atoms in total. The van der Waals surface area contributed by atoms with E-state index in [0.29, 0.717) is 0 Å². The van der Waals surface area contributed by atoms with Crippen LogP contribution in [0.25, 0.3) is 22.3 Å². The van der Waals surface area contributed by atoms with Crippen LogP contribution in [0.5, 0.6) is 0 Å². The van der Waals surface area contributed by atoms with Crippen molar-refractivity contribution in [2.24, 2.45) is 7.05 Å². The maximum atomic E-state index is 16.0. The largest absolute Gasteiger partial charge is 0.472 e. The Morgan fingerprint density at radius 3 is 2.52 bits per heavy atom. The van der Waals surface area contributed by atoms with Crippen LogP contribution < -0.4 is 11.3 Å². The monoisotopic (exact) mass is 675 g/mol. The standard InChI is InChI=1S/C21H24FN9O10P2S/c1-29-5-28-19-13(20(29)33)27-6-30(19)8-2-9-14(32)15(8)40-42(34,35)37-3-10-16(41-43(36,44)39-9)11(22)21(38-10)31-7-26-12-17(23)24-4-25-18(12)31/h4-11,14-16,21,32H,2-3H2,1H3,(H,34,35)(H,36,44)(H2,23,24,25)/t8-,9+,10-,11-,14+,15+,16-,21-,43?/m1/s1. The summed E-state index contributed by atoms with van der Waals surface area (Å²) in [5.41, 5.74) is 5.78. The van der Waals surface area contributed by atoms with Crippen LogP contribution in [0.1, 0.15) is 18.7 Å². The van der Waals surface area contributed by atoms with E-state index >= 15 is 4.39 Å². The normalized spacial score (nSPS) is 38.0. The molecule has 7 rings (SSSR count). The molecule has 0 amide bonds. The number of aliphatic hydroxyl groups is 1. The summed E-state index contributed by atoms with van der Waals surface area (Å²) in [6, 6.07) is -1.00. The van der Waals surface area contributed by atoms with E-state index in [9.17, 15) is 24.3 Å². The molecule has 1 aliphatic carbocycles. The molecule has 2 bridgehead atoms. The number of phosphoric acid groups is 1. The Hall–Kier alpha value is -2.81. The minimum absolute atomic E-state index is 0.00195. The number of nitrogens with zero attached hydrogens (tertiary/aromatic N) is 8. The summed E-state index contributed by atoms with van der Waals surface area (Å²) in [6.45, 7) is -5.11. The first kappa shape index (κ1) is 29.9. The number of rotatable bonds is 2. The predicted molar refractivity (Wildman–Crippen MR) is 148 cm³/mol. The van der Waals surface area contributed by atoms with Crippen LogP contribution in [-0.4, -0.2) is 96.8 Å². The summed E-state index contributed by atoms with van der Waals surface area (Å²) in [5.74, 6) is 0.0414. The maximum absolute atomic E-state index is 16.0. The van der Waals surface area contributed by atoms with Crippen LogP contribution in [-0.2, 0) is 46.3 Å². The zero-order chi connectivity index (χ0) is 31.1. The van der Waals surface area contributed by atoms with Crippen molar-refractivity contribution >= 4 is 54.5 Å². The fourth-order valence-electron chi connectivity index (χ4n) is 5.63. The number of hydrogen-bond acceptors (Lipinski definition) is 15. The Kier molecular flexibility index (Phi) is 7.22. The fraction of sp³-hybridized carbons (Fsp3) is 0.524. The van der Waals surface area contributed by atoms with Gasteiger partial charge < -0.3 is 39.0 Å². The first-order chi connectivity index (χ1) is 20.8. The second-order valence-corrected chi connectivity index (χ2v) is 14.5. The van der Waals surface area contributed by atoms with Gasteiger partial charge in [-0.25, -0.2) is 33.9 Å². The lowest BCUT2D eigenvalue weighted by molar-refractivity contribution is -0.0622. The van der Waals surface area contributed by atoms with Gasteiger partial charge in [0.2, 0.25) is 0 Å². The number of nitrogen functional groups attached to an aromatic ring is 1. The van der Waals surface area contributed by atoms with Crippen molar-refractivity contribution in [3.63, 3.8) is 0 Å². The molecular weight excluding hydrogens is 651 g/mol. The molecule has 23 heteroatoms. The van der Waals surface area contributed by atoms with Gasteiger partial charge in [-0.1, -0.05) is 0 Å². The van der Waals surface area contributed by atoms with Gasteiger partial charge in [0.15, 0.2) is 35.0 Å². The average molecular weight is 675 g/mol. The van der Waals surface area contributed by atoms with Gasteiger partial charge in [0.1, 0.15) is 36.3 Å². The number of alkyl halides is 1. The molecule has 5 N–H and O–H groups in total. The number of aliphatic hydroxyl groups excluding tert-OH is 1. The Balaban J connectivity index is 1.22. The molecule has 236 valence electrons. The van der Waals surface area contributed by atoms with Crippen molar-refractivity contribution in [3.05, 3.63) is 35.7 Å². The van der Waals surface area contributed by atoms with E-state index in [1.807, 2.05) is 0 Å². The van der Waals surface area contributed by atoms with Gasteiger partial charge in [-0.05, 0) is 11.8 Å². The number of ether oxygens (including phenoxy) is 1. The molecule has 44 heavy (non-hydrogen) atoms. The van der Waals surface area contributed by atoms with Gasteiger partial charge in [-0.15, -0.1) is 0 Å². The minimum atomic E-state index is -4.99. The highest BCUT2D eigenvalue weighted by molar-refractivity contribution is 8.07. The number of anilines is 1. The Morgan fingerprint density at radius 2 is 1.73 bits per heavy atom. The van der Waals surface area contributed by atoms with Crippen molar-refractivity contribution < 1.29 is 46.7 Å². The Labute approximate surface area is 250 Å². The molecule has 0 radical (unpaired) electrons. The van der Waals surface area contributed by atoms with E-state index in [2.05, 4.69) is 24.9 Å². The number of nitrogens with two attached hydrogens (primary N) is 1. The van der Waals surface area contributed by atoms with E-state index in [0.717, 1.165) is 6.33 Å². The van der Waals surface area contributed by atoms with Crippen molar-refractivity contribution in [2.75, 3.05) is 12.3 Å². The Bertz CT molecular complexity index is 1930. The third-order valence-electron chi connectivity index (χ3n) is 7.68. The highest BCUT2D eigenvalue weighted by Crippen LogP contribution is 2.57. The summed E-state index contributed by atoms with van der Waals surface area (Å²) >= 11 is 5.21. The number of hydrogen-bond donors (Lipinski definition) is 4. The molecule has 2 unspecified atom stereocenters. The van der Waals surface area contributed by atoms with Crippen LogP contribution in [0, 0.1) is 0 Å². The second-order valence-electron chi connectivity index (χ2n) is 10.4. The van der Waals surface area contributed by atoms with Crippen molar-refractivity contribution in [1.82, 2.24) is 38.6 Å². The van der Waals surface area contributed by atoms with Crippen LogP contribution in [0.4, 0.5) is 10.2 Å². The van der Waals surface area contributed by atoms with Crippen LogP contribution >= 0.6 is 14.5 Å². The third kappa shape index (κ3) is 4.97. The van der Waals surface area contributed by atoms with E-state index in [1.54, 1.807) is 0 Å². The van der Waals surface area contributed by atoms with Crippen LogP contribution in [0.3, 0.4) is 0 Å². The summed E-state index contributed by atoms with van der Waals surface area (Å²) < 4.78 is 60.7. The molecule has 3 fully saturated rings. The van der Waals surface area contributed by atoms with E-state index in [1.165, 1.54) is 39.7 Å². The summed E-state index contributed by atoms with van der Waals surface area (Å²) in [5, 5.41) is 11.1. The predicted octanol–water partition coefficient (Wildman–Crippen LogP) is -0.404. The molecule has 4 aromatic heterocycles. The summed E-state index contributed by atoms with van der Waals surface area (Å²) in [4.78, 5) is 54.6.